The molecule has 1 aliphatic heterocycles. The zero-order chi connectivity index (χ0) is 30.8. The third-order valence-corrected chi connectivity index (χ3v) is 8.41. The molecule has 1 saturated heterocycles. The zero-order valence-electron chi connectivity index (χ0n) is 24.2. The predicted octanol–water partition coefficient (Wildman–Crippen LogP) is 5.64. The minimum atomic E-state index is -4.28. The fourth-order valence-electron chi connectivity index (χ4n) is 6.05. The topological polar surface area (TPSA) is 104 Å². The Hall–Kier alpha value is -4.26. The third kappa shape index (κ3) is 6.05. The number of fused-ring (bicyclic) bond motifs is 1. The molecule has 0 N–H and O–H groups in total. The largest absolute Gasteiger partial charge is 0.462 e. The van der Waals surface area contributed by atoms with Gasteiger partial charge in [-0.1, -0.05) is 12.1 Å². The van der Waals surface area contributed by atoms with E-state index in [0.717, 1.165) is 11.3 Å². The molecular formula is C31H33F3N6O4. The number of carbonyl (C=O) groups is 2. The molecule has 0 atom stereocenters. The molecule has 0 spiro atoms. The molecule has 4 aromatic rings. The van der Waals surface area contributed by atoms with Crippen molar-refractivity contribution >= 4 is 23.3 Å². The molecule has 1 aliphatic carbocycles. The fraction of sp³-hybridized carbons (Fsp3) is 0.452. The maximum atomic E-state index is 14.1. The highest BCUT2D eigenvalue weighted by atomic mass is 19.4. The summed E-state index contributed by atoms with van der Waals surface area (Å²) in [5, 5.41) is 9.29. The Balaban J connectivity index is 1.33. The average Bonchev–Trinajstić information content (AvgIpc) is 3.67. The van der Waals surface area contributed by atoms with E-state index in [0.29, 0.717) is 37.4 Å². The molecule has 3 aromatic heterocycles. The van der Waals surface area contributed by atoms with Crippen LogP contribution >= 0.6 is 0 Å². The highest BCUT2D eigenvalue weighted by Gasteiger charge is 2.44. The second-order valence-electron chi connectivity index (χ2n) is 11.2. The van der Waals surface area contributed by atoms with E-state index in [1.54, 1.807) is 23.7 Å². The van der Waals surface area contributed by atoms with E-state index in [-0.39, 0.29) is 55.6 Å². The molecule has 1 aromatic carbocycles. The Bertz CT molecular complexity index is 1590. The number of hydrogen-bond donors (Lipinski definition) is 0. The second-order valence-corrected chi connectivity index (χ2v) is 11.2. The van der Waals surface area contributed by atoms with Gasteiger partial charge in [0, 0.05) is 55.4 Å². The van der Waals surface area contributed by atoms with E-state index in [1.807, 2.05) is 36.5 Å². The van der Waals surface area contributed by atoms with Crippen LogP contribution in [0.5, 0.6) is 0 Å². The van der Waals surface area contributed by atoms with Gasteiger partial charge in [-0.05, 0) is 63.6 Å². The summed E-state index contributed by atoms with van der Waals surface area (Å²) >= 11 is 0. The lowest BCUT2D eigenvalue weighted by Crippen LogP contribution is -2.48. The van der Waals surface area contributed by atoms with Crippen LogP contribution in [-0.2, 0) is 14.3 Å². The molecule has 10 nitrogen and oxygen atoms in total. The molecule has 1 saturated carbocycles. The summed E-state index contributed by atoms with van der Waals surface area (Å²) in [5.41, 5.74) is 3.06. The van der Waals surface area contributed by atoms with Crippen LogP contribution in [0, 0.1) is 11.8 Å². The van der Waals surface area contributed by atoms with Crippen molar-refractivity contribution in [1.82, 2.24) is 24.4 Å². The molecule has 2 aliphatic rings. The first-order valence-corrected chi connectivity index (χ1v) is 14.9. The summed E-state index contributed by atoms with van der Waals surface area (Å²) in [6, 6.07) is 10.8. The lowest BCUT2D eigenvalue weighted by atomic mass is 9.80. The quantitative estimate of drug-likeness (QED) is 0.250. The summed E-state index contributed by atoms with van der Waals surface area (Å²) in [6.45, 7) is 2.66. The van der Waals surface area contributed by atoms with Gasteiger partial charge in [-0.3, -0.25) is 9.69 Å². The summed E-state index contributed by atoms with van der Waals surface area (Å²) in [4.78, 5) is 33.1. The smallest absolute Gasteiger partial charge is 0.391 e. The molecule has 0 unspecified atom stereocenters. The molecule has 0 bridgehead atoms. The summed E-state index contributed by atoms with van der Waals surface area (Å²) in [6.07, 6.45) is 1.85. The summed E-state index contributed by atoms with van der Waals surface area (Å²) < 4.78 is 54.1. The number of esters is 1. The van der Waals surface area contributed by atoms with E-state index in [4.69, 9.17) is 14.6 Å². The second kappa shape index (κ2) is 12.4. The molecule has 2 fully saturated rings. The highest BCUT2D eigenvalue weighted by molar-refractivity contribution is 6.02. The lowest BCUT2D eigenvalue weighted by molar-refractivity contribution is -0.184. The summed E-state index contributed by atoms with van der Waals surface area (Å²) in [7, 11) is 0. The zero-order valence-corrected chi connectivity index (χ0v) is 24.2. The van der Waals surface area contributed by atoms with Gasteiger partial charge in [0.2, 0.25) is 5.91 Å². The molecule has 6 rings (SSSR count). The van der Waals surface area contributed by atoms with Crippen LogP contribution in [0.4, 0.5) is 19.0 Å². The van der Waals surface area contributed by atoms with Crippen LogP contribution in [0.1, 0.15) is 55.8 Å². The summed E-state index contributed by atoms with van der Waals surface area (Å²) in [5.74, 6) is -2.81. The Morgan fingerprint density at radius 2 is 1.77 bits per heavy atom. The minimum absolute atomic E-state index is 0.102. The van der Waals surface area contributed by atoms with Gasteiger partial charge in [0.25, 0.3) is 0 Å². The van der Waals surface area contributed by atoms with Crippen LogP contribution in [0.15, 0.2) is 55.0 Å². The van der Waals surface area contributed by atoms with E-state index in [9.17, 15) is 22.8 Å². The van der Waals surface area contributed by atoms with Gasteiger partial charge in [0.1, 0.15) is 5.56 Å². The number of rotatable bonds is 7. The van der Waals surface area contributed by atoms with Crippen LogP contribution in [0.25, 0.3) is 22.6 Å². The van der Waals surface area contributed by atoms with Gasteiger partial charge in [0.05, 0.1) is 23.9 Å². The molecule has 0 radical (unpaired) electrons. The van der Waals surface area contributed by atoms with Crippen molar-refractivity contribution in [3.05, 3.63) is 60.6 Å². The lowest BCUT2D eigenvalue weighted by Gasteiger charge is -2.37. The van der Waals surface area contributed by atoms with Crippen molar-refractivity contribution in [2.75, 3.05) is 24.7 Å². The van der Waals surface area contributed by atoms with Gasteiger partial charge < -0.3 is 9.47 Å². The van der Waals surface area contributed by atoms with Crippen molar-refractivity contribution in [2.24, 2.45) is 11.8 Å². The Morgan fingerprint density at radius 3 is 2.43 bits per heavy atom. The number of benzene rings is 1. The number of halogens is 3. The van der Waals surface area contributed by atoms with Crippen molar-refractivity contribution < 1.29 is 32.2 Å². The molecular weight excluding hydrogens is 577 g/mol. The first-order chi connectivity index (χ1) is 21.2. The van der Waals surface area contributed by atoms with E-state index in [1.165, 1.54) is 15.8 Å². The van der Waals surface area contributed by atoms with Crippen LogP contribution < -0.4 is 4.90 Å². The van der Waals surface area contributed by atoms with Gasteiger partial charge in [-0.2, -0.15) is 18.3 Å². The number of nitrogens with zero attached hydrogens (tertiary/aromatic N) is 6. The number of amides is 1. The number of aromatic nitrogens is 5. The maximum absolute atomic E-state index is 14.1. The molecule has 232 valence electrons. The molecule has 1 amide bonds. The normalized spacial score (nSPS) is 19.6. The first-order valence-electron chi connectivity index (χ1n) is 14.9. The third-order valence-electron chi connectivity index (χ3n) is 8.41. The van der Waals surface area contributed by atoms with Crippen LogP contribution in [-0.4, -0.2) is 68.3 Å². The average molecular weight is 611 g/mol. The number of hydrogen-bond acceptors (Lipinski definition) is 7. The van der Waals surface area contributed by atoms with E-state index < -0.39 is 24.0 Å². The number of alkyl halides is 3. The minimum Gasteiger partial charge on any atom is -0.462 e. The standard InChI is InChI=1S/C31H33F3N6O4/c1-2-44-30(42)25-19-39(23-10-6-20(7-11-23)26-18-27-35-14-3-15-38(27)36-26)37-28(25)40(24-12-16-43-17-13-24)29(41)21-4-8-22(9-5-21)31(32,33)34/h3,6-7,10-11,14-15,18-19,21-22,24H,2,4-5,8-9,12-13,16-17H2,1H3. The molecule has 13 heteroatoms. The Kier molecular flexibility index (Phi) is 8.39. The number of anilines is 1. The van der Waals surface area contributed by atoms with Gasteiger partial charge in [-0.15, -0.1) is 5.10 Å². The van der Waals surface area contributed by atoms with Crippen molar-refractivity contribution in [2.45, 2.75) is 57.7 Å². The predicted molar refractivity (Wildman–Crippen MR) is 154 cm³/mol. The van der Waals surface area contributed by atoms with Crippen LogP contribution in [0.2, 0.25) is 0 Å². The van der Waals surface area contributed by atoms with Gasteiger partial charge in [-0.25, -0.2) is 19.0 Å². The maximum Gasteiger partial charge on any atom is 0.391 e. The Morgan fingerprint density at radius 1 is 1.05 bits per heavy atom. The SMILES string of the molecule is CCOC(=O)c1cn(-c2ccc(-c3cc4ncccn4n3)cc2)nc1N(C(=O)C1CCC(C(F)(F)F)CC1)C1CCOCC1. The van der Waals surface area contributed by atoms with Gasteiger partial charge in [0.15, 0.2) is 11.5 Å². The van der Waals surface area contributed by atoms with Crippen molar-refractivity contribution in [3.8, 4) is 16.9 Å². The molecule has 4 heterocycles. The fourth-order valence-corrected chi connectivity index (χ4v) is 6.05. The Labute approximate surface area is 251 Å². The number of carbonyl (C=O) groups excluding carboxylic acids is 2. The van der Waals surface area contributed by atoms with Crippen molar-refractivity contribution in [1.29, 1.82) is 0 Å². The van der Waals surface area contributed by atoms with Crippen LogP contribution in [0.3, 0.4) is 0 Å². The van der Waals surface area contributed by atoms with E-state index in [2.05, 4.69) is 10.1 Å². The van der Waals surface area contributed by atoms with E-state index >= 15 is 0 Å². The number of ether oxygens (including phenoxy) is 2. The van der Waals surface area contributed by atoms with Gasteiger partial charge >= 0.3 is 12.1 Å². The monoisotopic (exact) mass is 610 g/mol. The highest BCUT2D eigenvalue weighted by Crippen LogP contribution is 2.41. The first kappa shape index (κ1) is 29.8. The van der Waals surface area contributed by atoms with Crippen molar-refractivity contribution in [3.63, 3.8) is 0 Å². The molecule has 44 heavy (non-hydrogen) atoms.